The van der Waals surface area contributed by atoms with E-state index in [0.29, 0.717) is 0 Å². The first-order chi connectivity index (χ1) is 12.0. The molecule has 0 aliphatic carbocycles. The molecule has 13 nitrogen and oxygen atoms in total. The van der Waals surface area contributed by atoms with Crippen molar-refractivity contribution < 1.29 is 98.0 Å². The van der Waals surface area contributed by atoms with Crippen LogP contribution in [0.15, 0.2) is 0 Å². The van der Waals surface area contributed by atoms with E-state index in [0.717, 1.165) is 0 Å². The number of rotatable bonds is 0. The maximum atomic E-state index is 6.25. The first-order valence-electron chi connectivity index (χ1n) is 2.68. The third-order valence-corrected chi connectivity index (χ3v) is 0. The minimum Gasteiger partial charge on any atom is -0.512 e. The standard InChI is InChI=1S/12CN.2Fe.H2O.3Zn/c12*1-2;;;;;;/h;;;;;;;;;;;;;;1H2;;;/q12*-1;2*+3;;3*+2. The topological polar surface area (TPSA) is 317 Å². The van der Waals surface area contributed by atoms with Crippen LogP contribution in [0.5, 0.6) is 0 Å². The summed E-state index contributed by atoms with van der Waals surface area (Å²) in [4.78, 5) is 0. The Bertz CT molecular complexity index is 241. The van der Waals surface area contributed by atoms with E-state index in [1.807, 2.05) is 0 Å². The molecule has 0 unspecified atom stereocenters. The SMILES string of the molecule is O.[C-]#N.[C-]#N.[C-]#N.[C-]#N.[C-]#N.[C-]#N.[C-]#N.[C-]#N.[C-]#N.[C-]#N.[C-]#N.[C-]#N.[Fe+3].[Fe+3].[Zn+2].[Zn+2].[Zn+2]. The van der Waals surface area contributed by atoms with Crippen LogP contribution in [0.4, 0.5) is 0 Å². The molecule has 30 heavy (non-hydrogen) atoms. The second kappa shape index (κ2) is 1490. The van der Waals surface area contributed by atoms with Gasteiger partial charge in [0.1, 0.15) is 0 Å². The summed E-state index contributed by atoms with van der Waals surface area (Å²) in [5.74, 6) is 0. The Hall–Kier alpha value is -3.25. The summed E-state index contributed by atoms with van der Waals surface area (Å²) >= 11 is 0. The van der Waals surface area contributed by atoms with Crippen LogP contribution >= 0.6 is 0 Å². The zero-order valence-corrected chi connectivity index (χ0v) is 25.8. The predicted octanol–water partition coefficient (Wildman–Crippen LogP) is 0.319. The normalized spacial score (nSPS) is 0.800. The summed E-state index contributed by atoms with van der Waals surface area (Å²) in [5, 5.41) is 75.0. The Morgan fingerprint density at radius 3 is 0.200 bits per heavy atom. The summed E-state index contributed by atoms with van der Waals surface area (Å²) in [6.07, 6.45) is 0. The van der Waals surface area contributed by atoms with Gasteiger partial charge in [0.25, 0.3) is 0 Å². The molecule has 0 rings (SSSR count). The van der Waals surface area contributed by atoms with Crippen molar-refractivity contribution in [2.24, 2.45) is 0 Å². The summed E-state index contributed by atoms with van der Waals surface area (Å²) in [6, 6.07) is 0. The van der Waals surface area contributed by atoms with Crippen molar-refractivity contribution in [1.82, 2.24) is 0 Å². The van der Waals surface area contributed by atoms with Gasteiger partial charge >= 0.3 is 92.6 Å². The molecule has 0 atom stereocenters. The fourth-order valence-corrected chi connectivity index (χ4v) is 0. The van der Waals surface area contributed by atoms with Crippen LogP contribution in [-0.4, -0.2) is 5.48 Å². The molecular weight excluding hydrogens is 636 g/mol. The third kappa shape index (κ3) is 1320. The summed E-state index contributed by atoms with van der Waals surface area (Å²) < 4.78 is 0. The van der Waals surface area contributed by atoms with Crippen molar-refractivity contribution >= 4 is 0 Å². The van der Waals surface area contributed by atoms with Gasteiger partial charge < -0.3 is 147 Å². The smallest absolute Gasteiger partial charge is 0.512 e. The van der Waals surface area contributed by atoms with Gasteiger partial charge in [0.15, 0.2) is 0 Å². The van der Waals surface area contributed by atoms with E-state index in [1.54, 1.807) is 0 Å². The molecule has 0 aromatic carbocycles. The van der Waals surface area contributed by atoms with Gasteiger partial charge in [-0.2, -0.15) is 0 Å². The Morgan fingerprint density at radius 2 is 0.200 bits per heavy atom. The van der Waals surface area contributed by atoms with Crippen LogP contribution < -0.4 is 0 Å². The summed E-state index contributed by atoms with van der Waals surface area (Å²) in [5.41, 5.74) is 0. The number of nitrogens with zero attached hydrogens (tertiary/aromatic N) is 12. The molecule has 0 bridgehead atoms. The molecular formula is C12H2Fe2N12OZn3. The van der Waals surface area contributed by atoms with Gasteiger partial charge in [-0.05, 0) is 0 Å². The molecule has 138 valence electrons. The Kier molecular flexibility index (Phi) is 11500. The second-order valence-electron chi connectivity index (χ2n) is 0. The monoisotopic (exact) mass is 634 g/mol. The maximum Gasteiger partial charge on any atom is 3.00 e. The van der Waals surface area contributed by atoms with Gasteiger partial charge in [-0.3, -0.25) is 0 Å². The Labute approximate surface area is 238 Å². The molecule has 2 radical (unpaired) electrons. The fourth-order valence-electron chi connectivity index (χ4n) is 0. The van der Waals surface area contributed by atoms with Gasteiger partial charge in [0.05, 0.1) is 0 Å². The molecule has 2 N–H and O–H groups in total. The molecule has 0 saturated heterocycles. The summed E-state index contributed by atoms with van der Waals surface area (Å²) in [6.45, 7) is 57.0. The predicted molar refractivity (Wildman–Crippen MR) is 63.2 cm³/mol. The van der Waals surface area contributed by atoms with Crippen LogP contribution in [-0.2, 0) is 92.6 Å². The van der Waals surface area contributed by atoms with Crippen molar-refractivity contribution in [1.29, 1.82) is 63.1 Å². The van der Waals surface area contributed by atoms with Gasteiger partial charge in [0.2, 0.25) is 0 Å². The Balaban J connectivity index is -0.00000000321. The first kappa shape index (κ1) is 232. The molecule has 0 aromatic heterocycles. The van der Waals surface area contributed by atoms with E-state index >= 15 is 0 Å². The first-order valence-corrected chi connectivity index (χ1v) is 2.68. The van der Waals surface area contributed by atoms with Crippen LogP contribution in [0.2, 0.25) is 0 Å². The minimum absolute atomic E-state index is 0. The van der Waals surface area contributed by atoms with E-state index in [-0.39, 0.29) is 98.0 Å². The van der Waals surface area contributed by atoms with E-state index in [2.05, 4.69) is 0 Å². The number of hydrogen-bond acceptors (Lipinski definition) is 12. The Morgan fingerprint density at radius 1 is 0.200 bits per heavy atom. The molecule has 0 spiro atoms. The van der Waals surface area contributed by atoms with Crippen LogP contribution in [0.25, 0.3) is 0 Å². The third-order valence-electron chi connectivity index (χ3n) is 0. The zero-order valence-electron chi connectivity index (χ0n) is 14.7. The number of hydrogen-bond donors (Lipinski definition) is 0. The van der Waals surface area contributed by atoms with Gasteiger partial charge in [-0.15, -0.1) is 0 Å². The molecule has 0 saturated carbocycles. The van der Waals surface area contributed by atoms with Gasteiger partial charge in [-0.1, -0.05) is 0 Å². The average molecular weight is 638 g/mol. The van der Waals surface area contributed by atoms with Crippen molar-refractivity contribution in [3.8, 4) is 0 Å². The fraction of sp³-hybridized carbons (Fsp3) is 0. The van der Waals surface area contributed by atoms with Crippen molar-refractivity contribution in [2.75, 3.05) is 0 Å². The van der Waals surface area contributed by atoms with E-state index in [4.69, 9.17) is 142 Å². The van der Waals surface area contributed by atoms with Crippen LogP contribution in [0.1, 0.15) is 0 Å². The second-order valence-corrected chi connectivity index (χ2v) is 0. The molecule has 18 heteroatoms. The summed E-state index contributed by atoms with van der Waals surface area (Å²) in [7, 11) is 0. The van der Waals surface area contributed by atoms with E-state index in [9.17, 15) is 0 Å². The van der Waals surface area contributed by atoms with Crippen LogP contribution in [0, 0.1) is 142 Å². The average Bonchev–Trinajstić information content (AvgIpc) is 2.84. The molecule has 0 aromatic rings. The quantitative estimate of drug-likeness (QED) is 0.256. The zero-order chi connectivity index (χ0) is 24.0. The van der Waals surface area contributed by atoms with Crippen molar-refractivity contribution in [3.63, 3.8) is 0 Å². The van der Waals surface area contributed by atoms with Crippen LogP contribution in [0.3, 0.4) is 0 Å². The maximum absolute atomic E-state index is 6.25. The minimum atomic E-state index is 0. The van der Waals surface area contributed by atoms with Crippen molar-refractivity contribution in [3.05, 3.63) is 78.9 Å². The molecule has 0 aliphatic heterocycles. The van der Waals surface area contributed by atoms with E-state index in [1.165, 1.54) is 0 Å². The molecule has 0 aliphatic rings. The molecule has 0 fully saturated rings. The molecule has 0 amide bonds. The van der Waals surface area contributed by atoms with Gasteiger partial charge in [0, 0.05) is 0 Å². The van der Waals surface area contributed by atoms with E-state index < -0.39 is 0 Å². The van der Waals surface area contributed by atoms with Crippen molar-refractivity contribution in [2.45, 2.75) is 0 Å². The largest absolute Gasteiger partial charge is 3.00 e. The van der Waals surface area contributed by atoms with Gasteiger partial charge in [-0.25, -0.2) is 0 Å². The molecule has 0 heterocycles.